The molecule has 0 aromatic carbocycles. The van der Waals surface area contributed by atoms with Gasteiger partial charge in [0.25, 0.3) is 5.91 Å². The van der Waals surface area contributed by atoms with Gasteiger partial charge < -0.3 is 9.84 Å². The zero-order valence-electron chi connectivity index (χ0n) is 11.4. The topological polar surface area (TPSA) is 96.7 Å². The van der Waals surface area contributed by atoms with Crippen molar-refractivity contribution >= 4 is 5.91 Å². The van der Waals surface area contributed by atoms with Crippen LogP contribution in [0.2, 0.25) is 0 Å². The zero-order chi connectivity index (χ0) is 14.0. The minimum atomic E-state index is -0.318. The minimum absolute atomic E-state index is 0.156. The smallest absolute Gasteiger partial charge is 0.290 e. The summed E-state index contributed by atoms with van der Waals surface area (Å²) in [4.78, 5) is 16.3. The van der Waals surface area contributed by atoms with Crippen molar-refractivity contribution in [3.8, 4) is 0 Å². The Morgan fingerprint density at radius 1 is 1.42 bits per heavy atom. The SMILES string of the molecule is Cc1cc(C(=O)NC(c2n[nH]c(C)n2)C(C)C)on1. The van der Waals surface area contributed by atoms with E-state index in [1.54, 1.807) is 13.0 Å². The number of nitrogens with one attached hydrogen (secondary N) is 2. The number of aromatic nitrogens is 4. The van der Waals surface area contributed by atoms with Crippen molar-refractivity contribution in [2.45, 2.75) is 33.7 Å². The summed E-state index contributed by atoms with van der Waals surface area (Å²) in [6.45, 7) is 7.55. The highest BCUT2D eigenvalue weighted by molar-refractivity contribution is 5.91. The molecular formula is C12H17N5O2. The number of amides is 1. The summed E-state index contributed by atoms with van der Waals surface area (Å²) in [5.74, 6) is 1.31. The number of carbonyl (C=O) groups is 1. The number of rotatable bonds is 4. The molecule has 0 spiro atoms. The molecule has 2 aromatic rings. The molecule has 0 radical (unpaired) electrons. The summed E-state index contributed by atoms with van der Waals surface area (Å²) in [6, 6.07) is 1.32. The van der Waals surface area contributed by atoms with Crippen LogP contribution in [0.4, 0.5) is 0 Å². The molecule has 0 saturated carbocycles. The minimum Gasteiger partial charge on any atom is -0.351 e. The molecule has 0 aliphatic heterocycles. The molecule has 2 heterocycles. The van der Waals surface area contributed by atoms with Gasteiger partial charge in [0, 0.05) is 6.07 Å². The molecule has 1 amide bonds. The standard InChI is InChI=1S/C12H17N5O2/c1-6(2)10(11-13-8(4)15-16-11)14-12(18)9-5-7(3)17-19-9/h5-6,10H,1-4H3,(H,14,18)(H,13,15,16). The maximum absolute atomic E-state index is 12.0. The van der Waals surface area contributed by atoms with Crippen molar-refractivity contribution in [1.82, 2.24) is 25.7 Å². The molecule has 7 heteroatoms. The Morgan fingerprint density at radius 2 is 2.16 bits per heavy atom. The van der Waals surface area contributed by atoms with Gasteiger partial charge in [-0.15, -0.1) is 0 Å². The largest absolute Gasteiger partial charge is 0.351 e. The van der Waals surface area contributed by atoms with Crippen molar-refractivity contribution in [2.24, 2.45) is 5.92 Å². The average Bonchev–Trinajstić information content (AvgIpc) is 2.94. The normalized spacial score (nSPS) is 12.7. The van der Waals surface area contributed by atoms with Crippen LogP contribution in [0.1, 0.15) is 47.8 Å². The number of carbonyl (C=O) groups excluding carboxylic acids is 1. The van der Waals surface area contributed by atoms with Crippen LogP contribution in [0, 0.1) is 19.8 Å². The number of hydrogen-bond donors (Lipinski definition) is 2. The van der Waals surface area contributed by atoms with E-state index in [1.165, 1.54) is 0 Å². The first-order valence-corrected chi connectivity index (χ1v) is 6.10. The maximum Gasteiger partial charge on any atom is 0.290 e. The second-order valence-corrected chi connectivity index (χ2v) is 4.81. The molecule has 102 valence electrons. The molecule has 0 aliphatic carbocycles. The van der Waals surface area contributed by atoms with Gasteiger partial charge in [0.15, 0.2) is 5.82 Å². The third kappa shape index (κ3) is 2.98. The molecule has 7 nitrogen and oxygen atoms in total. The first kappa shape index (κ1) is 13.3. The van der Waals surface area contributed by atoms with Gasteiger partial charge in [-0.05, 0) is 19.8 Å². The van der Waals surface area contributed by atoms with Crippen molar-refractivity contribution < 1.29 is 9.32 Å². The lowest BCUT2D eigenvalue weighted by Gasteiger charge is -2.18. The van der Waals surface area contributed by atoms with Crippen LogP contribution in [-0.2, 0) is 0 Å². The number of aromatic amines is 1. The highest BCUT2D eigenvalue weighted by Gasteiger charge is 2.24. The Balaban J connectivity index is 2.15. The third-order valence-corrected chi connectivity index (χ3v) is 2.70. The number of nitrogens with zero attached hydrogens (tertiary/aromatic N) is 3. The van der Waals surface area contributed by atoms with Gasteiger partial charge in [-0.3, -0.25) is 9.89 Å². The zero-order valence-corrected chi connectivity index (χ0v) is 11.4. The molecule has 2 N–H and O–H groups in total. The lowest BCUT2D eigenvalue weighted by molar-refractivity contribution is 0.0885. The van der Waals surface area contributed by atoms with E-state index < -0.39 is 0 Å². The predicted molar refractivity (Wildman–Crippen MR) is 67.4 cm³/mol. The highest BCUT2D eigenvalue weighted by Crippen LogP contribution is 2.19. The van der Waals surface area contributed by atoms with Crippen molar-refractivity contribution in [1.29, 1.82) is 0 Å². The van der Waals surface area contributed by atoms with Crippen LogP contribution < -0.4 is 5.32 Å². The second kappa shape index (κ2) is 5.21. The van der Waals surface area contributed by atoms with E-state index in [-0.39, 0.29) is 23.6 Å². The maximum atomic E-state index is 12.0. The van der Waals surface area contributed by atoms with Crippen molar-refractivity contribution in [3.05, 3.63) is 29.2 Å². The molecule has 0 fully saturated rings. The average molecular weight is 263 g/mol. The fraction of sp³-hybridized carbons (Fsp3) is 0.500. The van der Waals surface area contributed by atoms with E-state index in [0.717, 1.165) is 0 Å². The monoisotopic (exact) mass is 263 g/mol. The lowest BCUT2D eigenvalue weighted by atomic mass is 10.0. The first-order valence-electron chi connectivity index (χ1n) is 6.10. The molecule has 2 aromatic heterocycles. The summed E-state index contributed by atoms with van der Waals surface area (Å²) in [7, 11) is 0. The molecule has 19 heavy (non-hydrogen) atoms. The molecule has 1 unspecified atom stereocenters. The van der Waals surface area contributed by atoms with E-state index in [2.05, 4.69) is 25.7 Å². The second-order valence-electron chi connectivity index (χ2n) is 4.81. The Bertz CT molecular complexity index is 572. The summed E-state index contributed by atoms with van der Waals surface area (Å²) < 4.78 is 4.94. The van der Waals surface area contributed by atoms with Crippen molar-refractivity contribution in [2.75, 3.05) is 0 Å². The molecule has 0 bridgehead atoms. The quantitative estimate of drug-likeness (QED) is 0.872. The fourth-order valence-corrected chi connectivity index (χ4v) is 1.71. The van der Waals surface area contributed by atoms with Gasteiger partial charge in [0.2, 0.25) is 5.76 Å². The Morgan fingerprint density at radius 3 is 2.63 bits per heavy atom. The summed E-state index contributed by atoms with van der Waals surface area (Å²) in [5, 5.41) is 13.4. The van der Waals surface area contributed by atoms with E-state index in [4.69, 9.17) is 4.52 Å². The summed E-state index contributed by atoms with van der Waals surface area (Å²) >= 11 is 0. The molecule has 0 aliphatic rings. The fourth-order valence-electron chi connectivity index (χ4n) is 1.71. The molecule has 2 rings (SSSR count). The lowest BCUT2D eigenvalue weighted by Crippen LogP contribution is -2.32. The van der Waals surface area contributed by atoms with Crippen LogP contribution in [-0.4, -0.2) is 26.2 Å². The van der Waals surface area contributed by atoms with Crippen LogP contribution in [0.25, 0.3) is 0 Å². The number of H-pyrrole nitrogens is 1. The van der Waals surface area contributed by atoms with Gasteiger partial charge in [0.1, 0.15) is 5.82 Å². The van der Waals surface area contributed by atoms with Gasteiger partial charge in [-0.2, -0.15) is 5.10 Å². The van der Waals surface area contributed by atoms with Gasteiger partial charge in [-0.1, -0.05) is 19.0 Å². The van der Waals surface area contributed by atoms with Crippen LogP contribution in [0.5, 0.6) is 0 Å². The van der Waals surface area contributed by atoms with E-state index >= 15 is 0 Å². The third-order valence-electron chi connectivity index (χ3n) is 2.70. The molecular weight excluding hydrogens is 246 g/mol. The summed E-state index contributed by atoms with van der Waals surface area (Å²) in [6.07, 6.45) is 0. The van der Waals surface area contributed by atoms with Gasteiger partial charge in [-0.25, -0.2) is 4.98 Å². The van der Waals surface area contributed by atoms with E-state index in [9.17, 15) is 4.79 Å². The number of hydrogen-bond acceptors (Lipinski definition) is 5. The van der Waals surface area contributed by atoms with Gasteiger partial charge >= 0.3 is 0 Å². The van der Waals surface area contributed by atoms with Crippen molar-refractivity contribution in [3.63, 3.8) is 0 Å². The van der Waals surface area contributed by atoms with E-state index in [0.29, 0.717) is 17.3 Å². The Labute approximate surface area is 110 Å². The van der Waals surface area contributed by atoms with Crippen LogP contribution >= 0.6 is 0 Å². The highest BCUT2D eigenvalue weighted by atomic mass is 16.5. The Hall–Kier alpha value is -2.18. The molecule has 1 atom stereocenters. The Kier molecular flexibility index (Phi) is 3.64. The van der Waals surface area contributed by atoms with Gasteiger partial charge in [0.05, 0.1) is 11.7 Å². The van der Waals surface area contributed by atoms with Crippen LogP contribution in [0.3, 0.4) is 0 Å². The van der Waals surface area contributed by atoms with E-state index in [1.807, 2.05) is 20.8 Å². The number of aryl methyl sites for hydroxylation is 2. The predicted octanol–water partition coefficient (Wildman–Crippen LogP) is 1.54. The molecule has 0 saturated heterocycles. The van der Waals surface area contributed by atoms with Crippen LogP contribution in [0.15, 0.2) is 10.6 Å². The summed E-state index contributed by atoms with van der Waals surface area (Å²) in [5.41, 5.74) is 0.667. The first-order chi connectivity index (χ1) is 8.97.